The molecular formula is C19H23N7O. The van der Waals surface area contributed by atoms with E-state index in [0.29, 0.717) is 0 Å². The van der Waals surface area contributed by atoms with Gasteiger partial charge >= 0.3 is 0 Å². The molecule has 1 atom stereocenters. The van der Waals surface area contributed by atoms with Gasteiger partial charge in [0.25, 0.3) is 0 Å². The summed E-state index contributed by atoms with van der Waals surface area (Å²) in [6.07, 6.45) is 12.2. The molecular weight excluding hydrogens is 342 g/mol. The van der Waals surface area contributed by atoms with Gasteiger partial charge in [-0.15, -0.1) is 0 Å². The van der Waals surface area contributed by atoms with Crippen LogP contribution in [-0.4, -0.2) is 60.5 Å². The van der Waals surface area contributed by atoms with Crippen LogP contribution in [0.2, 0.25) is 0 Å². The quantitative estimate of drug-likeness (QED) is 0.693. The van der Waals surface area contributed by atoms with E-state index < -0.39 is 0 Å². The molecule has 0 bridgehead atoms. The molecule has 8 heteroatoms. The van der Waals surface area contributed by atoms with Gasteiger partial charge in [-0.1, -0.05) is 0 Å². The van der Waals surface area contributed by atoms with Gasteiger partial charge in [0.1, 0.15) is 12.2 Å². The zero-order valence-electron chi connectivity index (χ0n) is 15.5. The Morgan fingerprint density at radius 3 is 2.85 bits per heavy atom. The van der Waals surface area contributed by atoms with Crippen LogP contribution in [0.1, 0.15) is 11.4 Å². The summed E-state index contributed by atoms with van der Waals surface area (Å²) in [5, 5.41) is 4.30. The van der Waals surface area contributed by atoms with Crippen LogP contribution in [0.3, 0.4) is 0 Å². The van der Waals surface area contributed by atoms with Gasteiger partial charge < -0.3 is 9.30 Å². The van der Waals surface area contributed by atoms with E-state index in [-0.39, 0.29) is 5.41 Å². The fourth-order valence-corrected chi connectivity index (χ4v) is 4.35. The molecule has 0 amide bonds. The van der Waals surface area contributed by atoms with Crippen molar-refractivity contribution in [3.8, 4) is 11.3 Å². The average Bonchev–Trinajstić information content (AvgIpc) is 3.29. The van der Waals surface area contributed by atoms with Crippen LogP contribution in [0.5, 0.6) is 0 Å². The smallest absolute Gasteiger partial charge is 0.115 e. The minimum Gasteiger partial charge on any atom is -0.379 e. The van der Waals surface area contributed by atoms with Crippen molar-refractivity contribution >= 4 is 0 Å². The highest BCUT2D eigenvalue weighted by Crippen LogP contribution is 2.38. The molecule has 5 heterocycles. The monoisotopic (exact) mass is 365 g/mol. The van der Waals surface area contributed by atoms with Crippen LogP contribution in [0.4, 0.5) is 0 Å². The molecule has 0 radical (unpaired) electrons. The lowest BCUT2D eigenvalue weighted by atomic mass is 9.86. The third-order valence-corrected chi connectivity index (χ3v) is 5.50. The van der Waals surface area contributed by atoms with E-state index in [1.807, 2.05) is 36.5 Å². The van der Waals surface area contributed by atoms with Crippen LogP contribution < -0.4 is 0 Å². The number of fused-ring (bicyclic) bond motifs is 1. The number of ether oxygens (including phenoxy) is 1. The number of nitrogens with zero attached hydrogens (tertiary/aromatic N) is 7. The van der Waals surface area contributed by atoms with Gasteiger partial charge in [-0.3, -0.25) is 9.58 Å². The van der Waals surface area contributed by atoms with E-state index in [1.54, 1.807) is 6.33 Å². The van der Waals surface area contributed by atoms with Gasteiger partial charge in [-0.2, -0.15) is 5.10 Å². The molecule has 1 fully saturated rings. The molecule has 1 spiro atoms. The summed E-state index contributed by atoms with van der Waals surface area (Å²) in [5.41, 5.74) is 3.40. The standard InChI is InChI=1S/C19H23N7O/c1-24-9-15(5-23-24)10-25-2-3-27-13-19(11-25)4-18-22-8-17(26(18)12-19)16-6-20-14-21-7-16/h5-9,14H,2-4,10-13H2,1H3. The summed E-state index contributed by atoms with van der Waals surface area (Å²) < 4.78 is 10.2. The second-order valence-corrected chi connectivity index (χ2v) is 7.74. The molecule has 8 nitrogen and oxygen atoms in total. The number of rotatable bonds is 3. The first-order chi connectivity index (χ1) is 13.2. The topological polar surface area (TPSA) is 73.9 Å². The van der Waals surface area contributed by atoms with Gasteiger partial charge in [0.05, 0.1) is 31.3 Å². The first-order valence-electron chi connectivity index (χ1n) is 9.28. The Labute approximate surface area is 157 Å². The van der Waals surface area contributed by atoms with Crippen molar-refractivity contribution in [3.63, 3.8) is 0 Å². The fourth-order valence-electron chi connectivity index (χ4n) is 4.35. The maximum Gasteiger partial charge on any atom is 0.115 e. The highest BCUT2D eigenvalue weighted by Gasteiger charge is 2.42. The van der Waals surface area contributed by atoms with Gasteiger partial charge in [0.2, 0.25) is 0 Å². The maximum absolute atomic E-state index is 6.02. The van der Waals surface area contributed by atoms with Crippen LogP contribution in [0.15, 0.2) is 37.3 Å². The molecule has 0 N–H and O–H groups in total. The zero-order chi connectivity index (χ0) is 18.3. The van der Waals surface area contributed by atoms with Crippen molar-refractivity contribution in [1.29, 1.82) is 0 Å². The van der Waals surface area contributed by atoms with Crippen molar-refractivity contribution in [2.75, 3.05) is 26.3 Å². The van der Waals surface area contributed by atoms with Crippen LogP contribution >= 0.6 is 0 Å². The van der Waals surface area contributed by atoms with Gasteiger partial charge in [-0.05, 0) is 0 Å². The average molecular weight is 365 g/mol. The molecule has 27 heavy (non-hydrogen) atoms. The predicted octanol–water partition coefficient (Wildman–Crippen LogP) is 1.15. The lowest BCUT2D eigenvalue weighted by molar-refractivity contribution is 0.0668. The molecule has 0 aromatic carbocycles. The van der Waals surface area contributed by atoms with E-state index in [0.717, 1.165) is 62.9 Å². The fraction of sp³-hybridized carbons (Fsp3) is 0.474. The number of aryl methyl sites for hydroxylation is 1. The lowest BCUT2D eigenvalue weighted by Gasteiger charge is -2.31. The normalized spacial score (nSPS) is 22.9. The van der Waals surface area contributed by atoms with Crippen molar-refractivity contribution in [2.24, 2.45) is 12.5 Å². The van der Waals surface area contributed by atoms with E-state index in [9.17, 15) is 0 Å². The van der Waals surface area contributed by atoms with Crippen molar-refractivity contribution in [1.82, 2.24) is 34.2 Å². The van der Waals surface area contributed by atoms with Crippen molar-refractivity contribution < 1.29 is 4.74 Å². The highest BCUT2D eigenvalue weighted by molar-refractivity contribution is 5.57. The van der Waals surface area contributed by atoms with Crippen LogP contribution in [0.25, 0.3) is 11.3 Å². The molecule has 1 unspecified atom stereocenters. The summed E-state index contributed by atoms with van der Waals surface area (Å²) in [5.74, 6) is 1.13. The Balaban J connectivity index is 1.38. The summed E-state index contributed by atoms with van der Waals surface area (Å²) >= 11 is 0. The van der Waals surface area contributed by atoms with Gasteiger partial charge in [-0.25, -0.2) is 15.0 Å². The Bertz CT molecular complexity index is 935. The molecule has 140 valence electrons. The Morgan fingerprint density at radius 2 is 2.04 bits per heavy atom. The first kappa shape index (κ1) is 16.6. The zero-order valence-corrected chi connectivity index (χ0v) is 15.5. The summed E-state index contributed by atoms with van der Waals surface area (Å²) in [6, 6.07) is 0. The molecule has 0 aliphatic carbocycles. The first-order valence-corrected chi connectivity index (χ1v) is 9.28. The predicted molar refractivity (Wildman–Crippen MR) is 98.7 cm³/mol. The highest BCUT2D eigenvalue weighted by atomic mass is 16.5. The molecule has 0 saturated carbocycles. The largest absolute Gasteiger partial charge is 0.379 e. The number of imidazole rings is 1. The lowest BCUT2D eigenvalue weighted by Crippen LogP contribution is -2.39. The summed E-state index contributed by atoms with van der Waals surface area (Å²) in [6.45, 7) is 5.29. The van der Waals surface area contributed by atoms with Crippen molar-refractivity contribution in [2.45, 2.75) is 19.5 Å². The van der Waals surface area contributed by atoms with Crippen molar-refractivity contribution in [3.05, 3.63) is 48.7 Å². The second-order valence-electron chi connectivity index (χ2n) is 7.74. The second kappa shape index (κ2) is 6.54. The Hall–Kier alpha value is -2.58. The molecule has 2 aliphatic rings. The third kappa shape index (κ3) is 3.15. The number of hydrogen-bond acceptors (Lipinski definition) is 6. The van der Waals surface area contributed by atoms with E-state index in [4.69, 9.17) is 4.74 Å². The molecule has 3 aromatic heterocycles. The SMILES string of the molecule is Cn1cc(CN2CCOCC3(Cc4ncc(-c5cncnc5)n4C3)C2)cn1. The maximum atomic E-state index is 6.02. The number of hydrogen-bond donors (Lipinski definition) is 0. The minimum atomic E-state index is 0.0622. The molecule has 2 aliphatic heterocycles. The molecule has 3 aromatic rings. The number of aromatic nitrogens is 6. The van der Waals surface area contributed by atoms with Crippen LogP contribution in [-0.2, 0) is 31.3 Å². The Kier molecular flexibility index (Phi) is 4.02. The van der Waals surface area contributed by atoms with Gasteiger partial charge in [0, 0.05) is 74.8 Å². The molecule has 5 rings (SSSR count). The van der Waals surface area contributed by atoms with E-state index in [1.165, 1.54) is 5.56 Å². The minimum absolute atomic E-state index is 0.0622. The van der Waals surface area contributed by atoms with Crippen LogP contribution in [0, 0.1) is 5.41 Å². The van der Waals surface area contributed by atoms with E-state index >= 15 is 0 Å². The molecule has 1 saturated heterocycles. The Morgan fingerprint density at radius 1 is 1.15 bits per heavy atom. The third-order valence-electron chi connectivity index (χ3n) is 5.50. The van der Waals surface area contributed by atoms with E-state index in [2.05, 4.69) is 35.7 Å². The summed E-state index contributed by atoms with van der Waals surface area (Å²) in [7, 11) is 1.96. The summed E-state index contributed by atoms with van der Waals surface area (Å²) in [4.78, 5) is 15.5. The van der Waals surface area contributed by atoms with Gasteiger partial charge in [0.15, 0.2) is 0 Å².